The number of ether oxygens (including phenoxy) is 1. The summed E-state index contributed by atoms with van der Waals surface area (Å²) in [6, 6.07) is 13.2. The summed E-state index contributed by atoms with van der Waals surface area (Å²) in [6.45, 7) is 3.34. The monoisotopic (exact) mass is 381 g/mol. The number of likely N-dealkylation sites (tertiary alicyclic amines) is 1. The molecule has 2 aromatic carbocycles. The first-order valence-electron chi connectivity index (χ1n) is 9.44. The molecule has 0 aromatic heterocycles. The number of hydrogen-bond donors (Lipinski definition) is 1. The topological polar surface area (TPSA) is 83.5 Å². The molecule has 0 spiro atoms. The van der Waals surface area contributed by atoms with E-state index < -0.39 is 0 Å². The maximum absolute atomic E-state index is 12.6. The van der Waals surface area contributed by atoms with Crippen LogP contribution in [0.15, 0.2) is 52.7 Å². The number of anilines is 1. The number of rotatable bonds is 4. The maximum atomic E-state index is 12.6. The van der Waals surface area contributed by atoms with Gasteiger partial charge in [-0.25, -0.2) is 4.79 Å². The van der Waals surface area contributed by atoms with E-state index in [1.807, 2.05) is 31.2 Å². The molecular weight excluding hydrogens is 354 g/mol. The van der Waals surface area contributed by atoms with Crippen LogP contribution in [0.4, 0.5) is 21.9 Å². The summed E-state index contributed by atoms with van der Waals surface area (Å²) < 4.78 is 5.61. The second-order valence-electron chi connectivity index (χ2n) is 7.28. The van der Waals surface area contributed by atoms with E-state index in [2.05, 4.69) is 29.2 Å². The number of carbonyl (C=O) groups excluding carboxylic acids is 1. The van der Waals surface area contributed by atoms with Crippen molar-refractivity contribution in [1.29, 1.82) is 0 Å². The molecule has 1 saturated heterocycles. The van der Waals surface area contributed by atoms with Crippen molar-refractivity contribution in [1.82, 2.24) is 9.80 Å². The SMILES string of the molecule is Cc1ccc(N=Nc2ccccc2OC(=O)N2CCC(N(C)C)CC2)c(N)c1. The van der Waals surface area contributed by atoms with Crippen LogP contribution in [0, 0.1) is 6.92 Å². The number of hydrogen-bond acceptors (Lipinski definition) is 6. The predicted molar refractivity (Wildman–Crippen MR) is 111 cm³/mol. The Hall–Kier alpha value is -2.93. The number of nitrogen functional groups attached to an aromatic ring is 1. The van der Waals surface area contributed by atoms with Crippen LogP contribution in [0.3, 0.4) is 0 Å². The largest absolute Gasteiger partial charge is 0.415 e. The average Bonchev–Trinajstić information content (AvgIpc) is 2.68. The van der Waals surface area contributed by atoms with Crippen LogP contribution in [-0.4, -0.2) is 49.1 Å². The lowest BCUT2D eigenvalue weighted by Gasteiger charge is -2.34. The van der Waals surface area contributed by atoms with Gasteiger partial charge in [0.25, 0.3) is 0 Å². The van der Waals surface area contributed by atoms with E-state index in [0.29, 0.717) is 41.9 Å². The lowest BCUT2D eigenvalue weighted by Crippen LogP contribution is -2.45. The van der Waals surface area contributed by atoms with Crippen LogP contribution in [-0.2, 0) is 0 Å². The number of piperidine rings is 1. The van der Waals surface area contributed by atoms with E-state index in [-0.39, 0.29) is 6.09 Å². The maximum Gasteiger partial charge on any atom is 0.415 e. The van der Waals surface area contributed by atoms with Crippen molar-refractivity contribution in [2.75, 3.05) is 32.9 Å². The third kappa shape index (κ3) is 4.86. The van der Waals surface area contributed by atoms with Gasteiger partial charge < -0.3 is 20.3 Å². The van der Waals surface area contributed by atoms with Gasteiger partial charge in [-0.15, -0.1) is 10.2 Å². The highest BCUT2D eigenvalue weighted by Crippen LogP contribution is 2.31. The summed E-state index contributed by atoms with van der Waals surface area (Å²) in [5.74, 6) is 0.386. The fourth-order valence-electron chi connectivity index (χ4n) is 3.22. The summed E-state index contributed by atoms with van der Waals surface area (Å²) in [7, 11) is 4.14. The van der Waals surface area contributed by atoms with Gasteiger partial charge in [-0.3, -0.25) is 0 Å². The van der Waals surface area contributed by atoms with Gasteiger partial charge >= 0.3 is 6.09 Å². The van der Waals surface area contributed by atoms with E-state index >= 15 is 0 Å². The molecule has 1 aliphatic heterocycles. The number of benzene rings is 2. The first-order chi connectivity index (χ1) is 13.4. The summed E-state index contributed by atoms with van der Waals surface area (Å²) >= 11 is 0. The van der Waals surface area contributed by atoms with Crippen molar-refractivity contribution in [2.45, 2.75) is 25.8 Å². The Morgan fingerprint density at radius 1 is 1.11 bits per heavy atom. The first-order valence-corrected chi connectivity index (χ1v) is 9.44. The average molecular weight is 381 g/mol. The normalized spacial score (nSPS) is 15.4. The molecule has 2 N–H and O–H groups in total. The Bertz CT molecular complexity index is 858. The molecule has 28 heavy (non-hydrogen) atoms. The minimum absolute atomic E-state index is 0.352. The lowest BCUT2D eigenvalue weighted by atomic mass is 10.0. The van der Waals surface area contributed by atoms with Crippen LogP contribution >= 0.6 is 0 Å². The third-order valence-corrected chi connectivity index (χ3v) is 4.96. The van der Waals surface area contributed by atoms with Gasteiger partial charge in [0.15, 0.2) is 5.75 Å². The first kappa shape index (κ1) is 19.8. The summed E-state index contributed by atoms with van der Waals surface area (Å²) in [5, 5.41) is 8.46. The number of nitrogens with two attached hydrogens (primary N) is 1. The quantitative estimate of drug-likeness (QED) is 0.623. The minimum Gasteiger partial charge on any atom is -0.408 e. The summed E-state index contributed by atoms with van der Waals surface area (Å²) in [5.41, 5.74) is 8.67. The fourth-order valence-corrected chi connectivity index (χ4v) is 3.22. The van der Waals surface area contributed by atoms with Crippen LogP contribution in [0.2, 0.25) is 0 Å². The summed E-state index contributed by atoms with van der Waals surface area (Å²) in [4.78, 5) is 16.5. The number of azo groups is 1. The Labute approximate surface area is 165 Å². The van der Waals surface area contributed by atoms with Gasteiger partial charge in [0, 0.05) is 19.1 Å². The lowest BCUT2D eigenvalue weighted by molar-refractivity contribution is 0.118. The van der Waals surface area contributed by atoms with E-state index in [1.165, 1.54) is 0 Å². The molecule has 0 aliphatic carbocycles. The van der Waals surface area contributed by atoms with Crippen molar-refractivity contribution in [2.24, 2.45) is 10.2 Å². The van der Waals surface area contributed by atoms with Gasteiger partial charge in [0.2, 0.25) is 0 Å². The van der Waals surface area contributed by atoms with Crippen LogP contribution in [0.1, 0.15) is 18.4 Å². The molecule has 2 aromatic rings. The molecule has 3 rings (SSSR count). The standard InChI is InChI=1S/C21H27N5O2/c1-15-8-9-18(17(22)14-15)23-24-19-6-4-5-7-20(19)28-21(27)26-12-10-16(11-13-26)25(2)3/h4-9,14,16H,10-13,22H2,1-3H3. The zero-order valence-corrected chi connectivity index (χ0v) is 16.6. The smallest absolute Gasteiger partial charge is 0.408 e. The minimum atomic E-state index is -0.352. The van der Waals surface area contributed by atoms with E-state index in [0.717, 1.165) is 18.4 Å². The molecule has 1 aliphatic rings. The van der Waals surface area contributed by atoms with Gasteiger partial charge in [0.05, 0.1) is 5.69 Å². The molecule has 7 nitrogen and oxygen atoms in total. The Balaban J connectivity index is 1.68. The Morgan fingerprint density at radius 2 is 1.79 bits per heavy atom. The summed E-state index contributed by atoms with van der Waals surface area (Å²) in [6.07, 6.45) is 1.53. The van der Waals surface area contributed by atoms with Gasteiger partial charge in [-0.2, -0.15) is 0 Å². The molecule has 0 atom stereocenters. The number of amides is 1. The molecule has 1 amide bonds. The zero-order chi connectivity index (χ0) is 20.1. The van der Waals surface area contributed by atoms with Crippen LogP contribution in [0.25, 0.3) is 0 Å². The Kier molecular flexibility index (Phi) is 6.26. The molecule has 7 heteroatoms. The van der Waals surface area contributed by atoms with Gasteiger partial charge in [-0.05, 0) is 63.7 Å². The second kappa shape index (κ2) is 8.84. The number of carbonyl (C=O) groups is 1. The van der Waals surface area contributed by atoms with E-state index in [1.54, 1.807) is 23.1 Å². The van der Waals surface area contributed by atoms with Crippen molar-refractivity contribution >= 4 is 23.2 Å². The third-order valence-electron chi connectivity index (χ3n) is 4.96. The molecule has 0 saturated carbocycles. The number of para-hydroxylation sites is 1. The Morgan fingerprint density at radius 3 is 2.46 bits per heavy atom. The second-order valence-corrected chi connectivity index (χ2v) is 7.28. The van der Waals surface area contributed by atoms with Crippen molar-refractivity contribution in [3.63, 3.8) is 0 Å². The molecular formula is C21H27N5O2. The van der Waals surface area contributed by atoms with Gasteiger partial charge in [0.1, 0.15) is 11.4 Å². The number of aryl methyl sites for hydroxylation is 1. The number of nitrogens with zero attached hydrogens (tertiary/aromatic N) is 4. The highest BCUT2D eigenvalue weighted by atomic mass is 16.6. The van der Waals surface area contributed by atoms with Crippen LogP contribution < -0.4 is 10.5 Å². The van der Waals surface area contributed by atoms with Gasteiger partial charge in [-0.1, -0.05) is 18.2 Å². The molecule has 0 unspecified atom stereocenters. The van der Waals surface area contributed by atoms with E-state index in [9.17, 15) is 4.79 Å². The van der Waals surface area contributed by atoms with Crippen molar-refractivity contribution < 1.29 is 9.53 Å². The van der Waals surface area contributed by atoms with E-state index in [4.69, 9.17) is 10.5 Å². The zero-order valence-electron chi connectivity index (χ0n) is 16.6. The molecule has 1 fully saturated rings. The van der Waals surface area contributed by atoms with Crippen molar-refractivity contribution in [3.8, 4) is 5.75 Å². The van der Waals surface area contributed by atoms with Crippen LogP contribution in [0.5, 0.6) is 5.75 Å². The molecule has 0 bridgehead atoms. The highest BCUT2D eigenvalue weighted by molar-refractivity contribution is 5.73. The highest BCUT2D eigenvalue weighted by Gasteiger charge is 2.25. The molecule has 1 heterocycles. The molecule has 0 radical (unpaired) electrons. The predicted octanol–water partition coefficient (Wildman–Crippen LogP) is 4.52. The van der Waals surface area contributed by atoms with Crippen molar-refractivity contribution in [3.05, 3.63) is 48.0 Å². The molecule has 148 valence electrons. The fraction of sp³-hybridized carbons (Fsp3) is 0.381.